The summed E-state index contributed by atoms with van der Waals surface area (Å²) in [5.74, 6) is -3.18. The molecule has 0 atom stereocenters. The Morgan fingerprint density at radius 3 is 2.44 bits per heavy atom. The minimum Gasteiger partial charge on any atom is -0.348 e. The zero-order valence-corrected chi connectivity index (χ0v) is 19.0. The van der Waals surface area contributed by atoms with Crippen molar-refractivity contribution in [3.05, 3.63) is 69.1 Å². The number of hydrogen-bond acceptors (Lipinski definition) is 5. The molecular weight excluding hydrogens is 468 g/mol. The average molecular weight is 492 g/mol. The van der Waals surface area contributed by atoms with Crippen LogP contribution in [-0.2, 0) is 22.9 Å². The van der Waals surface area contributed by atoms with E-state index in [0.29, 0.717) is 31.2 Å². The quantitative estimate of drug-likeness (QED) is 0.634. The van der Waals surface area contributed by atoms with Crippen molar-refractivity contribution in [1.82, 2.24) is 14.8 Å². The lowest BCUT2D eigenvalue weighted by Gasteiger charge is -2.32. The van der Waals surface area contributed by atoms with Gasteiger partial charge in [0.25, 0.3) is 17.4 Å². The number of nitrogens with zero attached hydrogens (tertiary/aromatic N) is 2. The highest BCUT2D eigenvalue weighted by Gasteiger charge is 2.60. The highest BCUT2D eigenvalue weighted by atomic mass is 32.2. The number of pyridine rings is 1. The molecule has 1 aliphatic heterocycles. The number of sulfone groups is 1. The van der Waals surface area contributed by atoms with Crippen molar-refractivity contribution < 1.29 is 26.8 Å². The van der Waals surface area contributed by atoms with E-state index in [1.54, 1.807) is 0 Å². The lowest BCUT2D eigenvalue weighted by Crippen LogP contribution is -2.50. The van der Waals surface area contributed by atoms with Crippen molar-refractivity contribution in [2.24, 2.45) is 0 Å². The van der Waals surface area contributed by atoms with Crippen molar-refractivity contribution in [3.63, 3.8) is 0 Å². The molecule has 5 rings (SSSR count). The van der Waals surface area contributed by atoms with Crippen LogP contribution in [0.4, 0.5) is 8.78 Å². The molecule has 180 valence electrons. The second-order valence-electron chi connectivity index (χ2n) is 9.17. The molecular formula is C23H23F2N3O5S. The van der Waals surface area contributed by atoms with E-state index in [0.717, 1.165) is 12.1 Å². The van der Waals surface area contributed by atoms with Crippen molar-refractivity contribution in [2.75, 3.05) is 13.1 Å². The average Bonchev–Trinajstić information content (AvgIpc) is 3.71. The Kier molecular flexibility index (Phi) is 5.34. The molecule has 11 heteroatoms. The van der Waals surface area contributed by atoms with E-state index in [1.807, 2.05) is 0 Å². The van der Waals surface area contributed by atoms with Crippen LogP contribution in [0.3, 0.4) is 0 Å². The first-order chi connectivity index (χ1) is 16.1. The van der Waals surface area contributed by atoms with Crippen LogP contribution in [0.1, 0.15) is 52.1 Å². The fourth-order valence-electron chi connectivity index (χ4n) is 4.47. The number of amides is 2. The monoisotopic (exact) mass is 491 g/mol. The van der Waals surface area contributed by atoms with E-state index in [1.165, 1.54) is 27.7 Å². The predicted octanol–water partition coefficient (Wildman–Crippen LogP) is 1.62. The third-order valence-corrected chi connectivity index (χ3v) is 9.90. The van der Waals surface area contributed by atoms with E-state index in [-0.39, 0.29) is 42.7 Å². The maximum Gasteiger partial charge on any atom is 0.270 e. The van der Waals surface area contributed by atoms with Gasteiger partial charge in [-0.15, -0.1) is 0 Å². The van der Waals surface area contributed by atoms with Gasteiger partial charge in [-0.05, 0) is 55.5 Å². The van der Waals surface area contributed by atoms with Crippen LogP contribution in [0.5, 0.6) is 0 Å². The van der Waals surface area contributed by atoms with Crippen LogP contribution in [0.25, 0.3) is 0 Å². The van der Waals surface area contributed by atoms with E-state index in [2.05, 4.69) is 5.32 Å². The fourth-order valence-corrected chi connectivity index (χ4v) is 6.94. The third-order valence-electron chi connectivity index (χ3n) is 6.81. The fraction of sp³-hybridized carbons (Fsp3) is 0.435. The molecule has 1 N–H and O–H groups in total. The molecule has 2 saturated carbocycles. The molecule has 0 unspecified atom stereocenters. The summed E-state index contributed by atoms with van der Waals surface area (Å²) in [6.07, 6.45) is 2.44. The van der Waals surface area contributed by atoms with Gasteiger partial charge < -0.3 is 14.8 Å². The van der Waals surface area contributed by atoms with Crippen LogP contribution < -0.4 is 10.9 Å². The molecule has 2 aromatic rings. The second-order valence-corrected chi connectivity index (χ2v) is 11.8. The number of hydrogen-bond donors (Lipinski definition) is 1. The van der Waals surface area contributed by atoms with E-state index in [9.17, 15) is 31.6 Å². The third kappa shape index (κ3) is 3.81. The molecule has 34 heavy (non-hydrogen) atoms. The topological polar surface area (TPSA) is 106 Å². The van der Waals surface area contributed by atoms with E-state index in [4.69, 9.17) is 0 Å². The van der Waals surface area contributed by atoms with Gasteiger partial charge in [0.15, 0.2) is 21.5 Å². The SMILES string of the molecule is O=C(NCc1ccc(F)c(F)c1)c1ccc2n(c1=O)CCN(CC1(S(=O)(=O)C3CC3)CC1)C2=O. The zero-order chi connectivity index (χ0) is 24.3. The molecule has 8 nitrogen and oxygen atoms in total. The van der Waals surface area contributed by atoms with Gasteiger partial charge in [-0.25, -0.2) is 17.2 Å². The molecule has 0 spiro atoms. The smallest absolute Gasteiger partial charge is 0.270 e. The first-order valence-corrected chi connectivity index (χ1v) is 12.7. The Labute approximate surface area is 194 Å². The number of rotatable bonds is 7. The standard InChI is InChI=1S/C23H23F2N3O5S/c24-17-5-1-14(11-18(17)25)12-26-20(29)16-4-6-19-22(31)27(9-10-28(19)21(16)30)13-23(7-8-23)34(32,33)15-2-3-15/h1,4-6,11,15H,2-3,7-10,12-13H2,(H,26,29). The maximum atomic E-state index is 13.4. The Hall–Kier alpha value is -3.08. The maximum absolute atomic E-state index is 13.4. The Morgan fingerprint density at radius 2 is 1.79 bits per heavy atom. The summed E-state index contributed by atoms with van der Waals surface area (Å²) in [6, 6.07) is 5.87. The van der Waals surface area contributed by atoms with E-state index >= 15 is 0 Å². The minimum absolute atomic E-state index is 0.105. The summed E-state index contributed by atoms with van der Waals surface area (Å²) in [4.78, 5) is 40.0. The number of benzene rings is 1. The summed E-state index contributed by atoms with van der Waals surface area (Å²) >= 11 is 0. The number of nitrogens with one attached hydrogen (secondary N) is 1. The summed E-state index contributed by atoms with van der Waals surface area (Å²) < 4.78 is 52.4. The van der Waals surface area contributed by atoms with E-state index < -0.39 is 43.6 Å². The summed E-state index contributed by atoms with van der Waals surface area (Å²) in [5.41, 5.74) is -0.387. The number of aromatic nitrogens is 1. The van der Waals surface area contributed by atoms with Gasteiger partial charge in [0.2, 0.25) is 0 Å². The van der Waals surface area contributed by atoms with Crippen molar-refractivity contribution in [2.45, 2.75) is 48.8 Å². The molecule has 2 aliphatic carbocycles. The van der Waals surface area contributed by atoms with Crippen molar-refractivity contribution in [1.29, 1.82) is 0 Å². The van der Waals surface area contributed by atoms with Gasteiger partial charge in [-0.2, -0.15) is 0 Å². The summed E-state index contributed by atoms with van der Waals surface area (Å²) in [7, 11) is -3.27. The van der Waals surface area contributed by atoms with Crippen LogP contribution in [0, 0.1) is 11.6 Å². The second kappa shape index (κ2) is 8.00. The Bertz CT molecular complexity index is 1360. The van der Waals surface area contributed by atoms with Crippen LogP contribution in [-0.4, -0.2) is 52.8 Å². The molecule has 2 fully saturated rings. The van der Waals surface area contributed by atoms with Crippen molar-refractivity contribution in [3.8, 4) is 0 Å². The molecule has 1 aromatic carbocycles. The van der Waals surface area contributed by atoms with Gasteiger partial charge in [-0.3, -0.25) is 14.4 Å². The number of halogens is 2. The molecule has 2 heterocycles. The first-order valence-electron chi connectivity index (χ1n) is 11.1. The highest BCUT2D eigenvalue weighted by Crippen LogP contribution is 2.50. The Morgan fingerprint density at radius 1 is 1.06 bits per heavy atom. The van der Waals surface area contributed by atoms with Gasteiger partial charge in [0.1, 0.15) is 11.3 Å². The van der Waals surface area contributed by atoms with Gasteiger partial charge in [-0.1, -0.05) is 6.07 Å². The predicted molar refractivity (Wildman–Crippen MR) is 118 cm³/mol. The normalized spacial score (nSPS) is 19.0. The van der Waals surface area contributed by atoms with Crippen LogP contribution in [0.2, 0.25) is 0 Å². The molecule has 3 aliphatic rings. The minimum atomic E-state index is -3.27. The van der Waals surface area contributed by atoms with Gasteiger partial charge in [0, 0.05) is 26.2 Å². The number of carbonyl (C=O) groups is 2. The lowest BCUT2D eigenvalue weighted by atomic mass is 10.1. The van der Waals surface area contributed by atoms with Gasteiger partial charge >= 0.3 is 0 Å². The Balaban J connectivity index is 1.30. The first kappa shape index (κ1) is 22.7. The van der Waals surface area contributed by atoms with Crippen molar-refractivity contribution >= 4 is 21.7 Å². The number of carbonyl (C=O) groups excluding carboxylic acids is 2. The zero-order valence-electron chi connectivity index (χ0n) is 18.2. The number of fused-ring (bicyclic) bond motifs is 1. The molecule has 1 aromatic heterocycles. The molecule has 2 amide bonds. The largest absolute Gasteiger partial charge is 0.348 e. The molecule has 0 saturated heterocycles. The van der Waals surface area contributed by atoms with Gasteiger partial charge in [0.05, 0.1) is 10.00 Å². The lowest BCUT2D eigenvalue weighted by molar-refractivity contribution is 0.0695. The molecule has 0 bridgehead atoms. The van der Waals surface area contributed by atoms with Crippen LogP contribution >= 0.6 is 0 Å². The summed E-state index contributed by atoms with van der Waals surface area (Å²) in [5, 5.41) is 2.20. The molecule has 0 radical (unpaired) electrons. The summed E-state index contributed by atoms with van der Waals surface area (Å²) in [6.45, 7) is 0.328. The van der Waals surface area contributed by atoms with Crippen LogP contribution in [0.15, 0.2) is 35.1 Å². The highest BCUT2D eigenvalue weighted by molar-refractivity contribution is 7.94.